The molecule has 1 fully saturated rings. The summed E-state index contributed by atoms with van der Waals surface area (Å²) in [5, 5.41) is 8.92. The van der Waals surface area contributed by atoms with Gasteiger partial charge in [-0.3, -0.25) is 4.98 Å². The summed E-state index contributed by atoms with van der Waals surface area (Å²) in [7, 11) is 1.75. The third-order valence-corrected chi connectivity index (χ3v) is 3.33. The number of hydrogen-bond acceptors (Lipinski definition) is 5. The Balaban J connectivity index is 2.10. The van der Waals surface area contributed by atoms with Crippen LogP contribution in [0.3, 0.4) is 0 Å². The molecule has 17 heavy (non-hydrogen) atoms. The van der Waals surface area contributed by atoms with Crippen LogP contribution in [0.4, 0.5) is 5.82 Å². The second-order valence-corrected chi connectivity index (χ2v) is 4.70. The Morgan fingerprint density at radius 3 is 2.88 bits per heavy atom. The van der Waals surface area contributed by atoms with E-state index in [4.69, 9.17) is 9.84 Å². The predicted octanol–water partition coefficient (Wildman–Crippen LogP) is 0.974. The van der Waals surface area contributed by atoms with Crippen LogP contribution >= 0.6 is 0 Å². The van der Waals surface area contributed by atoms with E-state index in [1.807, 2.05) is 0 Å². The molecular weight excluding hydrogens is 218 g/mol. The van der Waals surface area contributed by atoms with Crippen molar-refractivity contribution in [3.05, 3.63) is 18.1 Å². The van der Waals surface area contributed by atoms with E-state index in [1.165, 1.54) is 0 Å². The second-order valence-electron chi connectivity index (χ2n) is 4.70. The maximum Gasteiger partial charge on any atom is 0.147 e. The van der Waals surface area contributed by atoms with Crippen molar-refractivity contribution in [1.82, 2.24) is 9.97 Å². The van der Waals surface area contributed by atoms with Crippen LogP contribution in [-0.2, 0) is 11.3 Å². The Labute approximate surface area is 101 Å². The normalized spacial score (nSPS) is 25.0. The zero-order valence-corrected chi connectivity index (χ0v) is 10.4. The molecule has 0 aliphatic carbocycles. The van der Waals surface area contributed by atoms with Crippen molar-refractivity contribution >= 4 is 5.82 Å². The molecule has 1 atom stereocenters. The van der Waals surface area contributed by atoms with Gasteiger partial charge >= 0.3 is 0 Å². The van der Waals surface area contributed by atoms with E-state index in [-0.39, 0.29) is 12.2 Å². The molecule has 1 aliphatic rings. The van der Waals surface area contributed by atoms with Crippen LogP contribution in [0.5, 0.6) is 0 Å². The molecule has 2 rings (SSSR count). The lowest BCUT2D eigenvalue weighted by molar-refractivity contribution is -0.00483. The monoisotopic (exact) mass is 237 g/mol. The zero-order valence-electron chi connectivity index (χ0n) is 10.4. The quantitative estimate of drug-likeness (QED) is 0.849. The van der Waals surface area contributed by atoms with Crippen LogP contribution < -0.4 is 4.90 Å². The van der Waals surface area contributed by atoms with Gasteiger partial charge in [-0.15, -0.1) is 0 Å². The highest BCUT2D eigenvalue weighted by Gasteiger charge is 2.31. The molecule has 1 saturated heterocycles. The maximum atomic E-state index is 8.92. The van der Waals surface area contributed by atoms with E-state index in [2.05, 4.69) is 21.8 Å². The van der Waals surface area contributed by atoms with Gasteiger partial charge in [0.15, 0.2) is 0 Å². The topological polar surface area (TPSA) is 58.5 Å². The number of aliphatic hydroxyl groups is 1. The highest BCUT2D eigenvalue weighted by atomic mass is 16.5. The van der Waals surface area contributed by atoms with E-state index in [0.717, 1.165) is 31.7 Å². The molecule has 1 aromatic rings. The van der Waals surface area contributed by atoms with Crippen molar-refractivity contribution in [2.24, 2.45) is 0 Å². The van der Waals surface area contributed by atoms with Crippen molar-refractivity contribution in [2.45, 2.75) is 32.0 Å². The molecule has 0 aromatic carbocycles. The van der Waals surface area contributed by atoms with Crippen LogP contribution in [0.1, 0.15) is 25.5 Å². The standard InChI is InChI=1S/C12H19N3O2/c1-12(17-2)4-3-5-15(9-12)11-7-13-10(8-16)6-14-11/h6-7,16H,3-5,8-9H2,1-2H3. The summed E-state index contributed by atoms with van der Waals surface area (Å²) in [6, 6.07) is 0. The fourth-order valence-electron chi connectivity index (χ4n) is 2.16. The first kappa shape index (κ1) is 12.3. The summed E-state index contributed by atoms with van der Waals surface area (Å²) in [5.74, 6) is 0.852. The highest BCUT2D eigenvalue weighted by molar-refractivity contribution is 5.37. The van der Waals surface area contributed by atoms with E-state index in [9.17, 15) is 0 Å². The van der Waals surface area contributed by atoms with Gasteiger partial charge in [-0.2, -0.15) is 0 Å². The Bertz CT molecular complexity index is 369. The molecule has 5 nitrogen and oxygen atoms in total. The smallest absolute Gasteiger partial charge is 0.147 e. The molecule has 1 aliphatic heterocycles. The van der Waals surface area contributed by atoms with Crippen molar-refractivity contribution in [1.29, 1.82) is 0 Å². The van der Waals surface area contributed by atoms with Gasteiger partial charge in [-0.1, -0.05) is 0 Å². The first-order valence-corrected chi connectivity index (χ1v) is 5.89. The fourth-order valence-corrected chi connectivity index (χ4v) is 2.16. The van der Waals surface area contributed by atoms with Crippen LogP contribution in [0.25, 0.3) is 0 Å². The van der Waals surface area contributed by atoms with Gasteiger partial charge in [0.2, 0.25) is 0 Å². The molecule has 5 heteroatoms. The van der Waals surface area contributed by atoms with Crippen molar-refractivity contribution in [3.63, 3.8) is 0 Å². The van der Waals surface area contributed by atoms with Crippen molar-refractivity contribution in [2.75, 3.05) is 25.1 Å². The molecule has 1 N–H and O–H groups in total. The molecule has 1 aromatic heterocycles. The number of rotatable bonds is 3. The van der Waals surface area contributed by atoms with Crippen LogP contribution in [-0.4, -0.2) is 40.9 Å². The molecule has 0 spiro atoms. The van der Waals surface area contributed by atoms with Gasteiger partial charge in [-0.25, -0.2) is 4.98 Å². The summed E-state index contributed by atoms with van der Waals surface area (Å²) < 4.78 is 5.55. The van der Waals surface area contributed by atoms with Gasteiger partial charge < -0.3 is 14.7 Å². The minimum atomic E-state index is -0.102. The minimum Gasteiger partial charge on any atom is -0.390 e. The van der Waals surface area contributed by atoms with E-state index in [1.54, 1.807) is 19.5 Å². The number of anilines is 1. The molecule has 0 saturated carbocycles. The minimum absolute atomic E-state index is 0.0664. The Morgan fingerprint density at radius 2 is 2.29 bits per heavy atom. The second kappa shape index (κ2) is 4.98. The number of piperidine rings is 1. The lowest BCUT2D eigenvalue weighted by Gasteiger charge is -2.39. The summed E-state index contributed by atoms with van der Waals surface area (Å²) >= 11 is 0. The SMILES string of the molecule is COC1(C)CCCN(c2cnc(CO)cn2)C1. The number of ether oxygens (including phenoxy) is 1. The van der Waals surface area contributed by atoms with Gasteiger partial charge in [-0.05, 0) is 19.8 Å². The Hall–Kier alpha value is -1.20. The van der Waals surface area contributed by atoms with Crippen molar-refractivity contribution in [3.8, 4) is 0 Å². The van der Waals surface area contributed by atoms with Crippen LogP contribution in [0.15, 0.2) is 12.4 Å². The van der Waals surface area contributed by atoms with E-state index < -0.39 is 0 Å². The highest BCUT2D eigenvalue weighted by Crippen LogP contribution is 2.26. The number of aliphatic hydroxyl groups excluding tert-OH is 1. The molecule has 2 heterocycles. The molecule has 1 unspecified atom stereocenters. The molecule has 94 valence electrons. The van der Waals surface area contributed by atoms with Gasteiger partial charge in [0, 0.05) is 20.2 Å². The third-order valence-electron chi connectivity index (χ3n) is 3.33. The van der Waals surface area contributed by atoms with Gasteiger partial charge in [0.05, 0.1) is 30.3 Å². The maximum absolute atomic E-state index is 8.92. The summed E-state index contributed by atoms with van der Waals surface area (Å²) in [6.07, 6.45) is 5.50. The van der Waals surface area contributed by atoms with Crippen LogP contribution in [0.2, 0.25) is 0 Å². The summed E-state index contributed by atoms with van der Waals surface area (Å²) in [6.45, 7) is 3.86. The Kier molecular flexibility index (Phi) is 3.59. The van der Waals surface area contributed by atoms with Gasteiger partial charge in [0.1, 0.15) is 5.82 Å². The molecule has 0 amide bonds. The molecule has 0 radical (unpaired) electrons. The predicted molar refractivity (Wildman–Crippen MR) is 64.8 cm³/mol. The molecule has 0 bridgehead atoms. The lowest BCUT2D eigenvalue weighted by atomic mass is 9.95. The largest absolute Gasteiger partial charge is 0.390 e. The lowest BCUT2D eigenvalue weighted by Crippen LogP contribution is -2.47. The van der Waals surface area contributed by atoms with E-state index >= 15 is 0 Å². The van der Waals surface area contributed by atoms with Gasteiger partial charge in [0.25, 0.3) is 0 Å². The number of aromatic nitrogens is 2. The number of hydrogen-bond donors (Lipinski definition) is 1. The summed E-state index contributed by atoms with van der Waals surface area (Å²) in [4.78, 5) is 10.7. The number of nitrogens with zero attached hydrogens (tertiary/aromatic N) is 3. The Morgan fingerprint density at radius 1 is 1.47 bits per heavy atom. The third kappa shape index (κ3) is 2.73. The number of methoxy groups -OCH3 is 1. The zero-order chi connectivity index (χ0) is 12.3. The first-order valence-electron chi connectivity index (χ1n) is 5.89. The van der Waals surface area contributed by atoms with E-state index in [0.29, 0.717) is 5.69 Å². The average molecular weight is 237 g/mol. The van der Waals surface area contributed by atoms with Crippen LogP contribution in [0, 0.1) is 0 Å². The average Bonchev–Trinajstić information content (AvgIpc) is 2.39. The van der Waals surface area contributed by atoms with Crippen molar-refractivity contribution < 1.29 is 9.84 Å². The fraction of sp³-hybridized carbons (Fsp3) is 0.667. The molecular formula is C12H19N3O2. The first-order chi connectivity index (χ1) is 8.17. The summed E-state index contributed by atoms with van der Waals surface area (Å²) in [5.41, 5.74) is 0.496.